The fourth-order valence-corrected chi connectivity index (χ4v) is 3.33. The average molecular weight is 391 g/mol. The molecule has 154 valence electrons. The molecule has 28 heavy (non-hydrogen) atoms. The van der Waals surface area contributed by atoms with E-state index in [0.717, 1.165) is 21.7 Å². The van der Waals surface area contributed by atoms with Gasteiger partial charge < -0.3 is 20.3 Å². The summed E-state index contributed by atoms with van der Waals surface area (Å²) in [4.78, 5) is 39.2. The highest BCUT2D eigenvalue weighted by Gasteiger charge is 2.31. The number of para-hydroxylation sites is 1. The van der Waals surface area contributed by atoms with Crippen LogP contribution in [0.4, 0.5) is 10.5 Å². The van der Waals surface area contributed by atoms with E-state index in [1.165, 1.54) is 0 Å². The first kappa shape index (κ1) is 21.7. The van der Waals surface area contributed by atoms with Crippen molar-refractivity contribution in [2.75, 3.05) is 44.6 Å². The van der Waals surface area contributed by atoms with Crippen molar-refractivity contribution >= 4 is 23.6 Å². The third kappa shape index (κ3) is 5.69. The molecule has 1 saturated heterocycles. The number of nitrogens with zero attached hydrogens (tertiary/aromatic N) is 1. The molecule has 0 radical (unpaired) electrons. The van der Waals surface area contributed by atoms with Gasteiger partial charge in [0.25, 0.3) is 5.91 Å². The van der Waals surface area contributed by atoms with E-state index >= 15 is 0 Å². The SMILES string of the molecule is CCOC(=O)N1CC[NH+]([C@H](C)C(=O)NCC(=O)Nc2c(C)cccc2C)CC1. The standard InChI is InChI=1S/C20H30N4O4/c1-5-28-20(27)24-11-9-23(10-12-24)16(4)19(26)21-13-17(25)22-18-14(2)7-6-8-15(18)3/h6-8,16H,5,9-13H2,1-4H3,(H,21,26)(H,22,25)/p+1/t16-/m1/s1. The Balaban J connectivity index is 1.78. The van der Waals surface area contributed by atoms with Gasteiger partial charge in [0.15, 0.2) is 6.04 Å². The number of benzene rings is 1. The molecule has 0 saturated carbocycles. The summed E-state index contributed by atoms with van der Waals surface area (Å²) in [6.45, 7) is 10.2. The molecule has 1 aromatic rings. The predicted molar refractivity (Wildman–Crippen MR) is 106 cm³/mol. The third-order valence-corrected chi connectivity index (χ3v) is 5.11. The lowest BCUT2D eigenvalue weighted by Crippen LogP contribution is -3.19. The van der Waals surface area contributed by atoms with E-state index in [9.17, 15) is 14.4 Å². The van der Waals surface area contributed by atoms with Crippen molar-refractivity contribution in [2.24, 2.45) is 0 Å². The molecule has 3 amide bonds. The highest BCUT2D eigenvalue weighted by Crippen LogP contribution is 2.18. The van der Waals surface area contributed by atoms with E-state index in [-0.39, 0.29) is 30.5 Å². The summed E-state index contributed by atoms with van der Waals surface area (Å²) in [5.41, 5.74) is 2.75. The second-order valence-electron chi connectivity index (χ2n) is 7.10. The second kappa shape index (κ2) is 10.1. The first-order valence-corrected chi connectivity index (χ1v) is 9.73. The van der Waals surface area contributed by atoms with E-state index in [1.807, 2.05) is 39.0 Å². The van der Waals surface area contributed by atoms with Gasteiger partial charge in [0.05, 0.1) is 39.3 Å². The Bertz CT molecular complexity index is 694. The first-order valence-electron chi connectivity index (χ1n) is 9.73. The summed E-state index contributed by atoms with van der Waals surface area (Å²) in [5.74, 6) is -0.420. The molecule has 0 aliphatic carbocycles. The molecular weight excluding hydrogens is 360 g/mol. The van der Waals surface area contributed by atoms with E-state index in [0.29, 0.717) is 32.8 Å². The largest absolute Gasteiger partial charge is 0.450 e. The van der Waals surface area contributed by atoms with Crippen molar-refractivity contribution in [1.29, 1.82) is 0 Å². The lowest BCUT2D eigenvalue weighted by Gasteiger charge is -2.34. The molecule has 8 nitrogen and oxygen atoms in total. The van der Waals surface area contributed by atoms with Crippen LogP contribution in [0.15, 0.2) is 18.2 Å². The normalized spacial score (nSPS) is 15.6. The van der Waals surface area contributed by atoms with Gasteiger partial charge >= 0.3 is 6.09 Å². The van der Waals surface area contributed by atoms with Crippen molar-refractivity contribution in [1.82, 2.24) is 10.2 Å². The number of hydrogen-bond acceptors (Lipinski definition) is 4. The van der Waals surface area contributed by atoms with E-state index < -0.39 is 0 Å². The van der Waals surface area contributed by atoms with Gasteiger partial charge in [0, 0.05) is 5.69 Å². The summed E-state index contributed by atoms with van der Waals surface area (Å²) in [6, 6.07) is 5.51. The van der Waals surface area contributed by atoms with Crippen LogP contribution in [0, 0.1) is 13.8 Å². The Hall–Kier alpha value is -2.61. The molecule has 0 spiro atoms. The molecule has 3 N–H and O–H groups in total. The molecule has 0 bridgehead atoms. The monoisotopic (exact) mass is 391 g/mol. The van der Waals surface area contributed by atoms with Crippen LogP contribution in [-0.4, -0.2) is 68.2 Å². The zero-order valence-electron chi connectivity index (χ0n) is 17.1. The van der Waals surface area contributed by atoms with Crippen LogP contribution in [0.5, 0.6) is 0 Å². The van der Waals surface area contributed by atoms with Gasteiger partial charge in [-0.05, 0) is 38.8 Å². The van der Waals surface area contributed by atoms with Crippen LogP contribution < -0.4 is 15.5 Å². The molecule has 1 fully saturated rings. The number of anilines is 1. The number of hydrogen-bond donors (Lipinski definition) is 3. The average Bonchev–Trinajstić information content (AvgIpc) is 2.68. The molecule has 0 unspecified atom stereocenters. The van der Waals surface area contributed by atoms with Crippen LogP contribution in [0.3, 0.4) is 0 Å². The Labute approximate surface area is 166 Å². The van der Waals surface area contributed by atoms with Gasteiger partial charge in [-0.3, -0.25) is 14.5 Å². The second-order valence-corrected chi connectivity index (χ2v) is 7.10. The number of carbonyl (C=O) groups excluding carboxylic acids is 3. The van der Waals surface area contributed by atoms with E-state index in [2.05, 4.69) is 10.6 Å². The molecule has 8 heteroatoms. The Morgan fingerprint density at radius 1 is 1.18 bits per heavy atom. The lowest BCUT2D eigenvalue weighted by atomic mass is 10.1. The zero-order chi connectivity index (χ0) is 20.7. The number of ether oxygens (including phenoxy) is 1. The number of piperazine rings is 1. The third-order valence-electron chi connectivity index (χ3n) is 5.11. The summed E-state index contributed by atoms with van der Waals surface area (Å²) < 4.78 is 5.01. The maximum atomic E-state index is 12.4. The van der Waals surface area contributed by atoms with Crippen molar-refractivity contribution in [3.63, 3.8) is 0 Å². The molecule has 1 atom stereocenters. The lowest BCUT2D eigenvalue weighted by molar-refractivity contribution is -0.918. The maximum Gasteiger partial charge on any atom is 0.410 e. The first-order chi connectivity index (χ1) is 13.3. The minimum Gasteiger partial charge on any atom is -0.450 e. The van der Waals surface area contributed by atoms with Crippen molar-refractivity contribution < 1.29 is 24.0 Å². The number of carbonyl (C=O) groups is 3. The quantitative estimate of drug-likeness (QED) is 0.642. The van der Waals surface area contributed by atoms with Gasteiger partial charge in [0.2, 0.25) is 5.91 Å². The van der Waals surface area contributed by atoms with Gasteiger partial charge in [0.1, 0.15) is 0 Å². The fourth-order valence-electron chi connectivity index (χ4n) is 3.33. The van der Waals surface area contributed by atoms with Crippen LogP contribution in [0.2, 0.25) is 0 Å². The van der Waals surface area contributed by atoms with Gasteiger partial charge in [-0.15, -0.1) is 0 Å². The Morgan fingerprint density at radius 2 is 1.79 bits per heavy atom. The van der Waals surface area contributed by atoms with E-state index in [1.54, 1.807) is 11.8 Å². The number of nitrogens with one attached hydrogen (secondary N) is 3. The highest BCUT2D eigenvalue weighted by molar-refractivity contribution is 5.96. The number of rotatable bonds is 6. The molecule has 1 aliphatic rings. The van der Waals surface area contributed by atoms with Crippen molar-refractivity contribution in [2.45, 2.75) is 33.7 Å². The van der Waals surface area contributed by atoms with Crippen LogP contribution in [0.25, 0.3) is 0 Å². The Kier molecular flexibility index (Phi) is 7.80. The minimum absolute atomic E-state index is 0.0703. The molecule has 1 aromatic carbocycles. The summed E-state index contributed by atoms with van der Waals surface area (Å²) in [6.07, 6.45) is -0.304. The topological polar surface area (TPSA) is 92.2 Å². The summed E-state index contributed by atoms with van der Waals surface area (Å²) in [7, 11) is 0. The molecule has 1 heterocycles. The van der Waals surface area contributed by atoms with Crippen molar-refractivity contribution in [3.8, 4) is 0 Å². The van der Waals surface area contributed by atoms with Crippen LogP contribution in [-0.2, 0) is 14.3 Å². The molecular formula is C20H31N4O4+. The summed E-state index contributed by atoms with van der Waals surface area (Å²) >= 11 is 0. The molecule has 0 aromatic heterocycles. The van der Waals surface area contributed by atoms with Crippen LogP contribution in [0.1, 0.15) is 25.0 Å². The molecule has 1 aliphatic heterocycles. The van der Waals surface area contributed by atoms with Crippen LogP contribution >= 0.6 is 0 Å². The van der Waals surface area contributed by atoms with Crippen molar-refractivity contribution in [3.05, 3.63) is 29.3 Å². The molecule has 2 rings (SSSR count). The number of amides is 3. The van der Waals surface area contributed by atoms with Gasteiger partial charge in [-0.2, -0.15) is 0 Å². The highest BCUT2D eigenvalue weighted by atomic mass is 16.6. The smallest absolute Gasteiger partial charge is 0.410 e. The maximum absolute atomic E-state index is 12.4. The van der Waals surface area contributed by atoms with E-state index in [4.69, 9.17) is 4.74 Å². The Morgan fingerprint density at radius 3 is 2.36 bits per heavy atom. The summed E-state index contributed by atoms with van der Waals surface area (Å²) in [5, 5.41) is 5.58. The minimum atomic E-state index is -0.304. The fraction of sp³-hybridized carbons (Fsp3) is 0.550. The zero-order valence-corrected chi connectivity index (χ0v) is 17.1. The predicted octanol–water partition coefficient (Wildman–Crippen LogP) is 0.104. The number of aryl methyl sites for hydroxylation is 2. The van der Waals surface area contributed by atoms with Gasteiger partial charge in [-0.1, -0.05) is 18.2 Å². The van der Waals surface area contributed by atoms with Gasteiger partial charge in [-0.25, -0.2) is 4.79 Å². The number of quaternary nitrogens is 1.